The Balaban J connectivity index is 2.14. The minimum atomic E-state index is -0.187. The third kappa shape index (κ3) is 4.57. The summed E-state index contributed by atoms with van der Waals surface area (Å²) < 4.78 is 0. The second-order valence-corrected chi connectivity index (χ2v) is 6.05. The van der Waals surface area contributed by atoms with Crippen LogP contribution in [-0.4, -0.2) is 24.5 Å². The smallest absolute Gasteiger partial charge is 0.237 e. The lowest BCUT2D eigenvalue weighted by Gasteiger charge is -2.21. The van der Waals surface area contributed by atoms with Crippen molar-refractivity contribution in [3.8, 4) is 0 Å². The summed E-state index contributed by atoms with van der Waals surface area (Å²) in [6.07, 6.45) is 1.66. The van der Waals surface area contributed by atoms with Gasteiger partial charge < -0.3 is 10.6 Å². The van der Waals surface area contributed by atoms with Crippen LogP contribution < -0.4 is 10.6 Å². The third-order valence-corrected chi connectivity index (χ3v) is 3.65. The number of rotatable bonds is 7. The topological polar surface area (TPSA) is 41.1 Å². The first-order chi connectivity index (χ1) is 10.6. The average molecular weight is 298 g/mol. The van der Waals surface area contributed by atoms with Gasteiger partial charge in [-0.1, -0.05) is 63.2 Å². The molecule has 0 aromatic heterocycles. The Kier molecular flexibility index (Phi) is 5.96. The van der Waals surface area contributed by atoms with Crippen molar-refractivity contribution in [2.45, 2.75) is 45.7 Å². The lowest BCUT2D eigenvalue weighted by Crippen LogP contribution is -2.48. The maximum absolute atomic E-state index is 12.3. The summed E-state index contributed by atoms with van der Waals surface area (Å²) in [5, 5.41) is 8.82. The van der Waals surface area contributed by atoms with Gasteiger partial charge in [0, 0.05) is 12.6 Å². The Hall–Kier alpha value is -1.87. The monoisotopic (exact) mass is 298 g/mol. The number of benzene rings is 2. The van der Waals surface area contributed by atoms with Crippen LogP contribution in [0, 0.1) is 0 Å². The minimum absolute atomic E-state index is 0.0868. The van der Waals surface area contributed by atoms with Crippen LogP contribution in [0.4, 0.5) is 0 Å². The molecular weight excluding hydrogens is 272 g/mol. The first kappa shape index (κ1) is 16.5. The Morgan fingerprint density at radius 3 is 2.50 bits per heavy atom. The molecule has 0 aliphatic carbocycles. The molecule has 0 aliphatic rings. The van der Waals surface area contributed by atoms with Gasteiger partial charge in [-0.25, -0.2) is 0 Å². The molecule has 2 aromatic rings. The first-order valence-electron chi connectivity index (χ1n) is 8.11. The summed E-state index contributed by atoms with van der Waals surface area (Å²) in [5.41, 5.74) is 1.18. The van der Waals surface area contributed by atoms with Gasteiger partial charge >= 0.3 is 0 Å². The number of carbonyl (C=O) groups excluding carboxylic acids is 1. The van der Waals surface area contributed by atoms with E-state index < -0.39 is 0 Å². The average Bonchev–Trinajstić information content (AvgIpc) is 2.51. The summed E-state index contributed by atoms with van der Waals surface area (Å²) in [7, 11) is 0. The van der Waals surface area contributed by atoms with Crippen LogP contribution in [0.2, 0.25) is 0 Å². The second-order valence-electron chi connectivity index (χ2n) is 6.05. The summed E-state index contributed by atoms with van der Waals surface area (Å²) >= 11 is 0. The van der Waals surface area contributed by atoms with Crippen molar-refractivity contribution in [3.63, 3.8) is 0 Å². The molecule has 3 heteroatoms. The zero-order chi connectivity index (χ0) is 15.9. The molecule has 1 atom stereocenters. The van der Waals surface area contributed by atoms with Gasteiger partial charge in [-0.05, 0) is 29.2 Å². The molecule has 2 rings (SSSR count). The predicted octanol–water partition coefficient (Wildman–Crippen LogP) is 3.28. The van der Waals surface area contributed by atoms with E-state index in [9.17, 15) is 4.79 Å². The molecule has 0 bridgehead atoms. The van der Waals surface area contributed by atoms with Crippen molar-refractivity contribution in [1.29, 1.82) is 0 Å². The van der Waals surface area contributed by atoms with Crippen LogP contribution in [0.15, 0.2) is 42.5 Å². The minimum Gasteiger partial charge on any atom is -0.355 e. The van der Waals surface area contributed by atoms with Gasteiger partial charge in [0.05, 0.1) is 6.04 Å². The SMILES string of the molecule is CCCNC(=O)[C@H](Cc1ccc2ccccc2c1)NC(C)C. The number of hydrogen-bond donors (Lipinski definition) is 2. The van der Waals surface area contributed by atoms with Gasteiger partial charge in [0.2, 0.25) is 5.91 Å². The molecule has 0 aliphatic heterocycles. The highest BCUT2D eigenvalue weighted by Gasteiger charge is 2.19. The molecule has 0 saturated carbocycles. The lowest BCUT2D eigenvalue weighted by atomic mass is 10.0. The summed E-state index contributed by atoms with van der Waals surface area (Å²) in [6, 6.07) is 14.8. The zero-order valence-electron chi connectivity index (χ0n) is 13.7. The maximum Gasteiger partial charge on any atom is 0.237 e. The molecule has 0 heterocycles. The van der Waals surface area contributed by atoms with Gasteiger partial charge in [0.25, 0.3) is 0 Å². The van der Waals surface area contributed by atoms with Crippen molar-refractivity contribution in [3.05, 3.63) is 48.0 Å². The lowest BCUT2D eigenvalue weighted by molar-refractivity contribution is -0.123. The highest BCUT2D eigenvalue weighted by Crippen LogP contribution is 2.17. The van der Waals surface area contributed by atoms with Crippen LogP contribution in [0.1, 0.15) is 32.8 Å². The van der Waals surface area contributed by atoms with E-state index in [2.05, 4.69) is 61.7 Å². The van der Waals surface area contributed by atoms with Gasteiger partial charge in [-0.15, -0.1) is 0 Å². The van der Waals surface area contributed by atoms with Crippen molar-refractivity contribution >= 4 is 16.7 Å². The first-order valence-corrected chi connectivity index (χ1v) is 8.11. The third-order valence-electron chi connectivity index (χ3n) is 3.65. The number of hydrogen-bond acceptors (Lipinski definition) is 2. The van der Waals surface area contributed by atoms with Crippen molar-refractivity contribution in [2.24, 2.45) is 0 Å². The number of carbonyl (C=O) groups is 1. The molecule has 0 fully saturated rings. The van der Waals surface area contributed by atoms with Gasteiger partial charge in [-0.2, -0.15) is 0 Å². The van der Waals surface area contributed by atoms with E-state index in [1.807, 2.05) is 12.1 Å². The fourth-order valence-corrected chi connectivity index (χ4v) is 2.60. The van der Waals surface area contributed by atoms with Crippen LogP contribution in [0.3, 0.4) is 0 Å². The molecule has 2 aromatic carbocycles. The van der Waals surface area contributed by atoms with E-state index in [1.165, 1.54) is 16.3 Å². The molecule has 118 valence electrons. The van der Waals surface area contributed by atoms with E-state index in [-0.39, 0.29) is 18.0 Å². The maximum atomic E-state index is 12.3. The van der Waals surface area contributed by atoms with Crippen LogP contribution in [0.5, 0.6) is 0 Å². The Morgan fingerprint density at radius 1 is 1.09 bits per heavy atom. The molecule has 0 unspecified atom stereocenters. The number of nitrogens with one attached hydrogen (secondary N) is 2. The molecule has 0 saturated heterocycles. The number of fused-ring (bicyclic) bond motifs is 1. The van der Waals surface area contributed by atoms with Gasteiger partial charge in [0.15, 0.2) is 0 Å². The standard InChI is InChI=1S/C19H26N2O/c1-4-11-20-19(22)18(21-14(2)3)13-15-9-10-16-7-5-6-8-17(16)12-15/h5-10,12,14,18,21H,4,11,13H2,1-3H3,(H,20,22)/t18-/m0/s1. The molecule has 0 spiro atoms. The Bertz CT molecular complexity index is 622. The Labute approximate surface area is 133 Å². The second kappa shape index (κ2) is 7.95. The molecule has 22 heavy (non-hydrogen) atoms. The van der Waals surface area contributed by atoms with E-state index in [1.54, 1.807) is 0 Å². The molecule has 0 radical (unpaired) electrons. The van der Waals surface area contributed by atoms with E-state index in [0.29, 0.717) is 6.42 Å². The molecule has 1 amide bonds. The van der Waals surface area contributed by atoms with E-state index in [4.69, 9.17) is 0 Å². The van der Waals surface area contributed by atoms with E-state index >= 15 is 0 Å². The van der Waals surface area contributed by atoms with Gasteiger partial charge in [-0.3, -0.25) is 4.79 Å². The van der Waals surface area contributed by atoms with Crippen LogP contribution in [-0.2, 0) is 11.2 Å². The predicted molar refractivity (Wildman–Crippen MR) is 93.0 cm³/mol. The fraction of sp³-hybridized carbons (Fsp3) is 0.421. The molecular formula is C19H26N2O. The fourth-order valence-electron chi connectivity index (χ4n) is 2.60. The highest BCUT2D eigenvalue weighted by molar-refractivity contribution is 5.84. The van der Waals surface area contributed by atoms with E-state index in [0.717, 1.165) is 13.0 Å². The summed E-state index contributed by atoms with van der Waals surface area (Å²) in [5.74, 6) is 0.0868. The quantitative estimate of drug-likeness (QED) is 0.823. The summed E-state index contributed by atoms with van der Waals surface area (Å²) in [4.78, 5) is 12.3. The van der Waals surface area contributed by atoms with Crippen LogP contribution >= 0.6 is 0 Å². The van der Waals surface area contributed by atoms with Crippen molar-refractivity contribution in [1.82, 2.24) is 10.6 Å². The molecule has 2 N–H and O–H groups in total. The normalized spacial score (nSPS) is 12.5. The van der Waals surface area contributed by atoms with Crippen molar-refractivity contribution in [2.75, 3.05) is 6.54 Å². The van der Waals surface area contributed by atoms with Crippen molar-refractivity contribution < 1.29 is 4.79 Å². The van der Waals surface area contributed by atoms with Gasteiger partial charge in [0.1, 0.15) is 0 Å². The number of amides is 1. The highest BCUT2D eigenvalue weighted by atomic mass is 16.2. The molecule has 3 nitrogen and oxygen atoms in total. The van der Waals surface area contributed by atoms with Crippen LogP contribution in [0.25, 0.3) is 10.8 Å². The Morgan fingerprint density at radius 2 is 1.82 bits per heavy atom. The largest absolute Gasteiger partial charge is 0.355 e. The zero-order valence-corrected chi connectivity index (χ0v) is 13.7. The summed E-state index contributed by atoms with van der Waals surface area (Å²) in [6.45, 7) is 6.93.